The molecule has 0 atom stereocenters. The van der Waals surface area contributed by atoms with Crippen LogP contribution in [0.1, 0.15) is 5.69 Å². The molecule has 0 saturated carbocycles. The molecule has 2 amide bonds. The van der Waals surface area contributed by atoms with Crippen LogP contribution in [0.4, 0.5) is 15.6 Å². The number of amides is 2. The molecule has 0 bridgehead atoms. The first kappa shape index (κ1) is 14.3. The summed E-state index contributed by atoms with van der Waals surface area (Å²) in [5.74, 6) is 0. The maximum absolute atomic E-state index is 11.0. The summed E-state index contributed by atoms with van der Waals surface area (Å²) in [6, 6.07) is 5.46. The number of carbonyl (C=O) groups excluding carboxylic acids is 1. The first-order valence-corrected chi connectivity index (χ1v) is 6.62. The van der Waals surface area contributed by atoms with E-state index >= 15 is 0 Å². The van der Waals surface area contributed by atoms with E-state index in [4.69, 9.17) is 5.73 Å². The van der Waals surface area contributed by atoms with Crippen LogP contribution in [0.5, 0.6) is 0 Å². The number of thiol groups is 1. The van der Waals surface area contributed by atoms with Gasteiger partial charge in [0.25, 0.3) is 5.69 Å². The summed E-state index contributed by atoms with van der Waals surface area (Å²) < 4.78 is 0.929. The van der Waals surface area contributed by atoms with Crippen LogP contribution in [0.25, 0.3) is 10.4 Å². The minimum Gasteiger partial charge on any atom is -0.350 e. The fraction of sp³-hybridized carbons (Fsp3) is 0.0909. The molecule has 7 nitrogen and oxygen atoms in total. The van der Waals surface area contributed by atoms with Gasteiger partial charge in [-0.05, 0) is 6.92 Å². The smallest absolute Gasteiger partial charge is 0.331 e. The number of anilines is 1. The van der Waals surface area contributed by atoms with Crippen LogP contribution >= 0.6 is 24.2 Å². The summed E-state index contributed by atoms with van der Waals surface area (Å²) in [6.45, 7) is 1.75. The van der Waals surface area contributed by atoms with Gasteiger partial charge in [0.05, 0.1) is 15.5 Å². The van der Waals surface area contributed by atoms with E-state index in [0.29, 0.717) is 16.4 Å². The van der Waals surface area contributed by atoms with Gasteiger partial charge in [0.2, 0.25) is 5.13 Å². The summed E-state index contributed by atoms with van der Waals surface area (Å²) in [7, 11) is 0. The Hall–Kier alpha value is -2.13. The van der Waals surface area contributed by atoms with Crippen molar-refractivity contribution in [3.8, 4) is 10.4 Å². The molecule has 0 unspecified atom stereocenters. The van der Waals surface area contributed by atoms with Crippen LogP contribution < -0.4 is 10.0 Å². The quantitative estimate of drug-likeness (QED) is 0.517. The molecule has 1 aromatic carbocycles. The van der Waals surface area contributed by atoms with E-state index in [1.807, 2.05) is 0 Å². The summed E-state index contributed by atoms with van der Waals surface area (Å²) in [6.07, 6.45) is 0. The summed E-state index contributed by atoms with van der Waals surface area (Å²) >= 11 is 5.12. The van der Waals surface area contributed by atoms with Crippen molar-refractivity contribution in [3.63, 3.8) is 0 Å². The van der Waals surface area contributed by atoms with E-state index in [-0.39, 0.29) is 5.69 Å². The number of carbonyl (C=O) groups is 1. The number of aryl methyl sites for hydroxylation is 1. The zero-order chi connectivity index (χ0) is 14.9. The third-order valence-electron chi connectivity index (χ3n) is 2.49. The van der Waals surface area contributed by atoms with Gasteiger partial charge in [-0.25, -0.2) is 14.1 Å². The molecule has 0 fully saturated rings. The van der Waals surface area contributed by atoms with Gasteiger partial charge in [0.15, 0.2) is 0 Å². The Kier molecular flexibility index (Phi) is 3.91. The lowest BCUT2D eigenvalue weighted by molar-refractivity contribution is -0.384. The highest BCUT2D eigenvalue weighted by Crippen LogP contribution is 2.36. The third kappa shape index (κ3) is 2.73. The van der Waals surface area contributed by atoms with Crippen LogP contribution in [0.15, 0.2) is 24.3 Å². The van der Waals surface area contributed by atoms with E-state index in [1.54, 1.807) is 19.1 Å². The molecule has 0 aliphatic heterocycles. The minimum absolute atomic E-state index is 0.00511. The third-order valence-corrected chi connectivity index (χ3v) is 4.21. The first-order valence-electron chi connectivity index (χ1n) is 5.41. The van der Waals surface area contributed by atoms with E-state index in [0.717, 1.165) is 9.18 Å². The van der Waals surface area contributed by atoms with E-state index in [9.17, 15) is 14.9 Å². The van der Waals surface area contributed by atoms with Crippen molar-refractivity contribution in [2.45, 2.75) is 6.92 Å². The largest absolute Gasteiger partial charge is 0.350 e. The predicted molar refractivity (Wildman–Crippen MR) is 80.0 cm³/mol. The number of primary amides is 1. The van der Waals surface area contributed by atoms with E-state index in [1.165, 1.54) is 23.5 Å². The Labute approximate surface area is 123 Å². The van der Waals surface area contributed by atoms with E-state index < -0.39 is 11.0 Å². The van der Waals surface area contributed by atoms with Gasteiger partial charge < -0.3 is 5.73 Å². The zero-order valence-electron chi connectivity index (χ0n) is 10.3. The molecule has 0 aliphatic rings. The van der Waals surface area contributed by atoms with Crippen molar-refractivity contribution in [2.75, 3.05) is 4.31 Å². The first-order chi connectivity index (χ1) is 9.40. The van der Waals surface area contributed by atoms with Crippen molar-refractivity contribution in [2.24, 2.45) is 5.73 Å². The molecule has 0 saturated heterocycles. The number of non-ortho nitro benzene ring substituents is 1. The molecule has 2 N–H and O–H groups in total. The standard InChI is InChI=1S/C11H10N4O3S2/c1-6-9(20-11(13-6)14(19)10(12)16)7-3-2-4-8(5-7)15(17)18/h2-5,19H,1H3,(H2,12,16). The molecule has 9 heteroatoms. The van der Waals surface area contributed by atoms with Gasteiger partial charge in [0.1, 0.15) is 0 Å². The Balaban J connectivity index is 2.46. The van der Waals surface area contributed by atoms with Crippen molar-refractivity contribution >= 4 is 41.0 Å². The molecular weight excluding hydrogens is 300 g/mol. The molecule has 0 radical (unpaired) electrons. The van der Waals surface area contributed by atoms with Gasteiger partial charge in [-0.15, -0.1) is 0 Å². The highest BCUT2D eigenvalue weighted by atomic mass is 32.1. The number of nitro benzene ring substituents is 1. The van der Waals surface area contributed by atoms with Crippen LogP contribution in [-0.4, -0.2) is 15.9 Å². The second-order valence-electron chi connectivity index (χ2n) is 3.87. The monoisotopic (exact) mass is 310 g/mol. The number of aromatic nitrogens is 1. The number of nitrogens with zero attached hydrogens (tertiary/aromatic N) is 3. The van der Waals surface area contributed by atoms with Crippen LogP contribution in [0, 0.1) is 17.0 Å². The van der Waals surface area contributed by atoms with Gasteiger partial charge >= 0.3 is 6.03 Å². The lowest BCUT2D eigenvalue weighted by Crippen LogP contribution is -2.26. The molecule has 2 aromatic rings. The minimum atomic E-state index is -0.743. The average Bonchev–Trinajstić information content (AvgIpc) is 2.80. The van der Waals surface area contributed by atoms with Crippen molar-refractivity contribution < 1.29 is 9.72 Å². The molecule has 20 heavy (non-hydrogen) atoms. The topological polar surface area (TPSA) is 102 Å². The van der Waals surface area contributed by atoms with Gasteiger partial charge in [-0.1, -0.05) is 36.3 Å². The fourth-order valence-corrected chi connectivity index (χ4v) is 2.74. The highest BCUT2D eigenvalue weighted by Gasteiger charge is 2.17. The maximum atomic E-state index is 11.0. The Morgan fingerprint density at radius 1 is 1.55 bits per heavy atom. The number of nitro groups is 1. The molecular formula is C11H10N4O3S2. The lowest BCUT2D eigenvalue weighted by Gasteiger charge is -2.06. The van der Waals surface area contributed by atoms with Crippen molar-refractivity contribution in [1.82, 2.24) is 4.98 Å². The number of thiazole rings is 1. The summed E-state index contributed by atoms with van der Waals surface area (Å²) in [5, 5.41) is 11.1. The second kappa shape index (κ2) is 5.47. The number of urea groups is 1. The van der Waals surface area contributed by atoms with Gasteiger partial charge in [-0.3, -0.25) is 10.1 Å². The molecule has 0 spiro atoms. The second-order valence-corrected chi connectivity index (χ2v) is 5.25. The number of hydrogen-bond donors (Lipinski definition) is 2. The van der Waals surface area contributed by atoms with E-state index in [2.05, 4.69) is 17.8 Å². The van der Waals surface area contributed by atoms with Crippen molar-refractivity contribution in [3.05, 3.63) is 40.1 Å². The molecule has 0 aliphatic carbocycles. The molecule has 1 aromatic heterocycles. The van der Waals surface area contributed by atoms with Crippen LogP contribution in [0.2, 0.25) is 0 Å². The normalized spacial score (nSPS) is 10.3. The summed E-state index contributed by atoms with van der Waals surface area (Å²) in [5.41, 5.74) is 6.42. The maximum Gasteiger partial charge on any atom is 0.331 e. The summed E-state index contributed by atoms with van der Waals surface area (Å²) in [4.78, 5) is 26.3. The number of benzene rings is 1. The van der Waals surface area contributed by atoms with Crippen LogP contribution in [0.3, 0.4) is 0 Å². The number of nitrogens with two attached hydrogens (primary N) is 1. The Morgan fingerprint density at radius 3 is 2.85 bits per heavy atom. The molecule has 104 valence electrons. The van der Waals surface area contributed by atoms with Crippen LogP contribution in [-0.2, 0) is 0 Å². The number of rotatable bonds is 3. The molecule has 1 heterocycles. The molecule has 2 rings (SSSR count). The zero-order valence-corrected chi connectivity index (χ0v) is 12.0. The highest BCUT2D eigenvalue weighted by molar-refractivity contribution is 7.83. The van der Waals surface area contributed by atoms with Gasteiger partial charge in [-0.2, -0.15) is 0 Å². The average molecular weight is 310 g/mol. The lowest BCUT2D eigenvalue weighted by atomic mass is 10.1. The fourth-order valence-electron chi connectivity index (χ4n) is 1.60. The SMILES string of the molecule is Cc1nc(N(S)C(N)=O)sc1-c1cccc([N+](=O)[O-])c1. The van der Waals surface area contributed by atoms with Gasteiger partial charge in [0, 0.05) is 17.7 Å². The predicted octanol–water partition coefficient (Wildman–Crippen LogP) is 2.76. The van der Waals surface area contributed by atoms with Crippen molar-refractivity contribution in [1.29, 1.82) is 0 Å². The Morgan fingerprint density at radius 2 is 2.25 bits per heavy atom. The Bertz CT molecular complexity index is 686. The number of hydrogen-bond acceptors (Lipinski definition) is 6.